The summed E-state index contributed by atoms with van der Waals surface area (Å²) >= 11 is 2.05. The molecule has 0 saturated carbocycles. The smallest absolute Gasteiger partial charge is 0.131 e. The number of anilines is 1. The average molecular weight is 268 g/mol. The summed E-state index contributed by atoms with van der Waals surface area (Å²) in [5.41, 5.74) is 2.49. The van der Waals surface area contributed by atoms with Crippen LogP contribution in [0.3, 0.4) is 0 Å². The van der Waals surface area contributed by atoms with Gasteiger partial charge in [0.25, 0.3) is 0 Å². The van der Waals surface area contributed by atoms with Crippen molar-refractivity contribution in [1.29, 1.82) is 0 Å². The van der Waals surface area contributed by atoms with Crippen molar-refractivity contribution in [2.75, 3.05) is 30.0 Å². The lowest BCUT2D eigenvalue weighted by Crippen LogP contribution is -2.34. The van der Waals surface area contributed by atoms with Crippen molar-refractivity contribution in [2.24, 2.45) is 7.05 Å². The van der Waals surface area contributed by atoms with E-state index < -0.39 is 0 Å². The molecule has 5 heteroatoms. The highest BCUT2D eigenvalue weighted by Gasteiger charge is 2.25. The van der Waals surface area contributed by atoms with Crippen LogP contribution < -0.4 is 10.2 Å². The third-order valence-electron chi connectivity index (χ3n) is 3.65. The molecule has 1 atom stereocenters. The van der Waals surface area contributed by atoms with Gasteiger partial charge in [-0.1, -0.05) is 6.92 Å². The first kappa shape index (κ1) is 13.7. The summed E-state index contributed by atoms with van der Waals surface area (Å²) in [4.78, 5) is 2.42. The number of nitrogens with one attached hydrogen (secondary N) is 1. The maximum absolute atomic E-state index is 4.58. The molecule has 0 spiro atoms. The molecule has 1 fully saturated rings. The van der Waals surface area contributed by atoms with Crippen molar-refractivity contribution in [3.8, 4) is 0 Å². The number of hydrogen-bond acceptors (Lipinski definition) is 4. The van der Waals surface area contributed by atoms with Gasteiger partial charge in [-0.2, -0.15) is 16.9 Å². The van der Waals surface area contributed by atoms with E-state index in [2.05, 4.69) is 55.0 Å². The van der Waals surface area contributed by atoms with E-state index in [9.17, 15) is 0 Å². The molecule has 1 saturated heterocycles. The Bertz CT molecular complexity index is 396. The summed E-state index contributed by atoms with van der Waals surface area (Å²) in [6.07, 6.45) is 1.28. The molecule has 1 N–H and O–H groups in total. The molecule has 4 nitrogen and oxygen atoms in total. The van der Waals surface area contributed by atoms with Gasteiger partial charge in [-0.05, 0) is 25.6 Å². The van der Waals surface area contributed by atoms with Gasteiger partial charge in [-0.15, -0.1) is 0 Å². The van der Waals surface area contributed by atoms with Crippen molar-refractivity contribution in [1.82, 2.24) is 15.1 Å². The maximum atomic E-state index is 4.58. The second kappa shape index (κ2) is 5.97. The minimum Gasteiger partial charge on any atom is -0.356 e. The molecule has 0 amide bonds. The van der Waals surface area contributed by atoms with E-state index in [0.29, 0.717) is 6.04 Å². The lowest BCUT2D eigenvalue weighted by atomic mass is 10.2. The third-order valence-corrected chi connectivity index (χ3v) is 4.80. The highest BCUT2D eigenvalue weighted by atomic mass is 32.2. The van der Waals surface area contributed by atoms with Gasteiger partial charge in [-0.25, -0.2) is 0 Å². The number of aromatic nitrogens is 2. The zero-order chi connectivity index (χ0) is 13.1. The predicted octanol–water partition coefficient (Wildman–Crippen LogP) is 1.78. The number of rotatable bonds is 5. The summed E-state index contributed by atoms with van der Waals surface area (Å²) in [6.45, 7) is 6.16. The number of hydrogen-bond donors (Lipinski definition) is 1. The number of nitrogens with zero attached hydrogens (tertiary/aromatic N) is 3. The van der Waals surface area contributed by atoms with E-state index in [0.717, 1.165) is 18.8 Å². The highest BCUT2D eigenvalue weighted by Crippen LogP contribution is 2.29. The van der Waals surface area contributed by atoms with Crippen LogP contribution in [-0.2, 0) is 13.6 Å². The van der Waals surface area contributed by atoms with Crippen LogP contribution in [0.15, 0.2) is 0 Å². The van der Waals surface area contributed by atoms with Crippen LogP contribution in [0, 0.1) is 6.92 Å². The quantitative estimate of drug-likeness (QED) is 0.882. The molecule has 0 aliphatic carbocycles. The van der Waals surface area contributed by atoms with Crippen LogP contribution in [0.1, 0.15) is 24.6 Å². The minimum absolute atomic E-state index is 0.658. The van der Waals surface area contributed by atoms with Gasteiger partial charge in [0, 0.05) is 38.0 Å². The molecule has 2 heterocycles. The van der Waals surface area contributed by atoms with Crippen LogP contribution in [0.4, 0.5) is 5.82 Å². The van der Waals surface area contributed by atoms with Gasteiger partial charge in [0.05, 0.1) is 5.69 Å². The van der Waals surface area contributed by atoms with E-state index in [4.69, 9.17) is 0 Å². The Labute approximate surface area is 114 Å². The summed E-state index contributed by atoms with van der Waals surface area (Å²) in [7, 11) is 4.26. The SMILES string of the molecule is CCNCc1c(C)nn(C)c1N(C)C1CCSC1. The maximum Gasteiger partial charge on any atom is 0.131 e. The fourth-order valence-corrected chi connectivity index (χ4v) is 3.86. The number of thioether (sulfide) groups is 1. The highest BCUT2D eigenvalue weighted by molar-refractivity contribution is 7.99. The molecule has 18 heavy (non-hydrogen) atoms. The van der Waals surface area contributed by atoms with Crippen molar-refractivity contribution in [3.05, 3.63) is 11.3 Å². The first-order chi connectivity index (χ1) is 8.65. The monoisotopic (exact) mass is 268 g/mol. The second-order valence-corrected chi connectivity index (χ2v) is 6.07. The van der Waals surface area contributed by atoms with Crippen LogP contribution in [-0.4, -0.2) is 40.9 Å². The van der Waals surface area contributed by atoms with Gasteiger partial charge in [0.2, 0.25) is 0 Å². The van der Waals surface area contributed by atoms with E-state index in [1.54, 1.807) is 0 Å². The summed E-state index contributed by atoms with van der Waals surface area (Å²) in [5.74, 6) is 3.80. The summed E-state index contributed by atoms with van der Waals surface area (Å²) in [5, 5.41) is 8.00. The average Bonchev–Trinajstić information content (AvgIpc) is 2.94. The number of aryl methyl sites for hydroxylation is 2. The summed E-state index contributed by atoms with van der Waals surface area (Å²) < 4.78 is 2.03. The van der Waals surface area contributed by atoms with Gasteiger partial charge in [0.1, 0.15) is 5.82 Å². The van der Waals surface area contributed by atoms with Crippen molar-refractivity contribution in [2.45, 2.75) is 32.9 Å². The standard InChI is InChI=1S/C13H24N4S/c1-5-14-8-12-10(2)15-17(4)13(12)16(3)11-6-7-18-9-11/h11,14H,5-9H2,1-4H3. The lowest BCUT2D eigenvalue weighted by molar-refractivity contribution is 0.647. The molecule has 102 valence electrons. The molecule has 0 radical (unpaired) electrons. The Morgan fingerprint density at radius 1 is 1.56 bits per heavy atom. The largest absolute Gasteiger partial charge is 0.356 e. The Morgan fingerprint density at radius 2 is 2.33 bits per heavy atom. The Morgan fingerprint density at radius 3 is 2.94 bits per heavy atom. The minimum atomic E-state index is 0.658. The topological polar surface area (TPSA) is 33.1 Å². The zero-order valence-electron chi connectivity index (χ0n) is 11.9. The van der Waals surface area contributed by atoms with Gasteiger partial charge in [0.15, 0.2) is 0 Å². The fraction of sp³-hybridized carbons (Fsp3) is 0.769. The molecule has 1 aliphatic rings. The van der Waals surface area contributed by atoms with Crippen molar-refractivity contribution < 1.29 is 0 Å². The van der Waals surface area contributed by atoms with Crippen molar-refractivity contribution >= 4 is 17.6 Å². The van der Waals surface area contributed by atoms with E-state index in [1.807, 2.05) is 4.68 Å². The Kier molecular flexibility index (Phi) is 4.56. The predicted molar refractivity (Wildman–Crippen MR) is 79.5 cm³/mol. The Balaban J connectivity index is 2.23. The lowest BCUT2D eigenvalue weighted by Gasteiger charge is -2.27. The molecular formula is C13H24N4S. The van der Waals surface area contributed by atoms with E-state index in [1.165, 1.54) is 29.3 Å². The molecule has 1 aromatic rings. The second-order valence-electron chi connectivity index (χ2n) is 4.92. The molecule has 1 unspecified atom stereocenters. The van der Waals surface area contributed by atoms with Gasteiger partial charge >= 0.3 is 0 Å². The van der Waals surface area contributed by atoms with Crippen LogP contribution in [0.2, 0.25) is 0 Å². The van der Waals surface area contributed by atoms with Crippen molar-refractivity contribution in [3.63, 3.8) is 0 Å². The molecule has 1 aromatic heterocycles. The molecule has 1 aliphatic heterocycles. The van der Waals surface area contributed by atoms with Crippen LogP contribution in [0.25, 0.3) is 0 Å². The van der Waals surface area contributed by atoms with Crippen LogP contribution in [0.5, 0.6) is 0 Å². The zero-order valence-corrected chi connectivity index (χ0v) is 12.7. The first-order valence-electron chi connectivity index (χ1n) is 6.69. The van der Waals surface area contributed by atoms with Crippen LogP contribution >= 0.6 is 11.8 Å². The Hall–Kier alpha value is -0.680. The first-order valence-corrected chi connectivity index (χ1v) is 7.84. The molecule has 0 aromatic carbocycles. The van der Waals surface area contributed by atoms with Gasteiger partial charge in [-0.3, -0.25) is 4.68 Å². The fourth-order valence-electron chi connectivity index (χ4n) is 2.59. The van der Waals surface area contributed by atoms with E-state index in [-0.39, 0.29) is 0 Å². The normalized spacial score (nSPS) is 19.4. The molecular weight excluding hydrogens is 244 g/mol. The van der Waals surface area contributed by atoms with E-state index >= 15 is 0 Å². The molecule has 2 rings (SSSR count). The summed E-state index contributed by atoms with van der Waals surface area (Å²) in [6, 6.07) is 0.658. The third kappa shape index (κ3) is 2.67. The molecule has 0 bridgehead atoms. The van der Waals surface area contributed by atoms with Gasteiger partial charge < -0.3 is 10.2 Å².